The zero-order valence-electron chi connectivity index (χ0n) is 9.70. The van der Waals surface area contributed by atoms with Crippen LogP contribution in [0.4, 0.5) is 10.1 Å². The summed E-state index contributed by atoms with van der Waals surface area (Å²) in [6.45, 7) is 4.08. The summed E-state index contributed by atoms with van der Waals surface area (Å²) in [5.74, 6) is -0.931. The molecule has 1 heterocycles. The lowest BCUT2D eigenvalue weighted by atomic mass is 10.2. The molecule has 1 aromatic carbocycles. The first kappa shape index (κ1) is 11.9. The first-order valence-corrected chi connectivity index (χ1v) is 6.19. The minimum atomic E-state index is -0.607. The molecule has 2 rings (SSSR count). The van der Waals surface area contributed by atoms with Crippen LogP contribution in [0.2, 0.25) is 0 Å². The van der Waals surface area contributed by atoms with Gasteiger partial charge in [-0.2, -0.15) is 0 Å². The Labute approximate surface area is 104 Å². The highest BCUT2D eigenvalue weighted by atomic mass is 32.1. The molecule has 2 N–H and O–H groups in total. The van der Waals surface area contributed by atoms with E-state index in [4.69, 9.17) is 5.11 Å². The average Bonchev–Trinajstić information content (AvgIpc) is 2.70. The number of rotatable bonds is 3. The van der Waals surface area contributed by atoms with Crippen LogP contribution in [-0.2, 0) is 0 Å². The zero-order chi connectivity index (χ0) is 12.4. The third-order valence-corrected chi connectivity index (χ3v) is 3.70. The number of hydrogen-bond acceptors (Lipinski definition) is 3. The maximum atomic E-state index is 13.1. The summed E-state index contributed by atoms with van der Waals surface area (Å²) in [5.41, 5.74) is 0.666. The second-order valence-corrected chi connectivity index (χ2v) is 5.30. The molecular weight excluding hydrogens is 237 g/mol. The summed E-state index contributed by atoms with van der Waals surface area (Å²) < 4.78 is 13.1. The van der Waals surface area contributed by atoms with Gasteiger partial charge in [-0.3, -0.25) is 0 Å². The molecule has 0 bridgehead atoms. The fourth-order valence-corrected chi connectivity index (χ4v) is 2.48. The van der Waals surface area contributed by atoms with Gasteiger partial charge in [0, 0.05) is 21.5 Å². The van der Waals surface area contributed by atoms with Crippen LogP contribution in [0, 0.1) is 12.7 Å². The lowest BCUT2D eigenvalue weighted by Crippen LogP contribution is -2.04. The molecule has 4 heteroatoms. The molecule has 1 atom stereocenters. The smallest absolute Gasteiger partial charge is 0.166 e. The Kier molecular flexibility index (Phi) is 3.33. The normalized spacial score (nSPS) is 12.4. The highest BCUT2D eigenvalue weighted by Gasteiger charge is 2.08. The number of phenols is 1. The molecule has 2 nitrogen and oxygen atoms in total. The lowest BCUT2D eigenvalue weighted by molar-refractivity contribution is 0.432. The van der Waals surface area contributed by atoms with Crippen LogP contribution in [-0.4, -0.2) is 5.11 Å². The third-order valence-electron chi connectivity index (χ3n) is 2.52. The van der Waals surface area contributed by atoms with Gasteiger partial charge in [0.05, 0.1) is 6.04 Å². The Bertz CT molecular complexity index is 524. The fraction of sp³-hybridized carbons (Fsp3) is 0.231. The molecule has 0 amide bonds. The van der Waals surface area contributed by atoms with Gasteiger partial charge in [-0.15, -0.1) is 11.3 Å². The Morgan fingerprint density at radius 3 is 2.65 bits per heavy atom. The number of benzene rings is 1. The van der Waals surface area contributed by atoms with E-state index in [0.717, 1.165) is 0 Å². The molecule has 1 unspecified atom stereocenters. The van der Waals surface area contributed by atoms with Gasteiger partial charge in [-0.25, -0.2) is 4.39 Å². The molecule has 1 aromatic heterocycles. The minimum absolute atomic E-state index is 0.123. The van der Waals surface area contributed by atoms with E-state index in [2.05, 4.69) is 24.4 Å². The zero-order valence-corrected chi connectivity index (χ0v) is 10.5. The molecule has 0 aliphatic rings. The van der Waals surface area contributed by atoms with Crippen molar-refractivity contribution in [1.29, 1.82) is 0 Å². The maximum Gasteiger partial charge on any atom is 0.166 e. The molecular formula is C13H14FNOS. The van der Waals surface area contributed by atoms with Crippen molar-refractivity contribution in [1.82, 2.24) is 0 Å². The Morgan fingerprint density at radius 2 is 2.06 bits per heavy atom. The van der Waals surface area contributed by atoms with Gasteiger partial charge in [0.1, 0.15) is 0 Å². The first-order chi connectivity index (χ1) is 8.06. The second kappa shape index (κ2) is 4.75. The number of nitrogens with one attached hydrogen (secondary N) is 1. The van der Waals surface area contributed by atoms with Crippen LogP contribution in [0.1, 0.15) is 22.7 Å². The van der Waals surface area contributed by atoms with Gasteiger partial charge in [-0.1, -0.05) is 0 Å². The van der Waals surface area contributed by atoms with E-state index in [-0.39, 0.29) is 11.8 Å². The van der Waals surface area contributed by atoms with E-state index in [1.54, 1.807) is 17.4 Å². The SMILES string of the molecule is Cc1ccc(C(C)Nc2ccc(O)c(F)c2)s1. The second-order valence-electron chi connectivity index (χ2n) is 3.98. The fourth-order valence-electron chi connectivity index (χ4n) is 1.60. The lowest BCUT2D eigenvalue weighted by Gasteiger charge is -2.13. The monoisotopic (exact) mass is 251 g/mol. The Morgan fingerprint density at radius 1 is 1.29 bits per heavy atom. The van der Waals surface area contributed by atoms with E-state index in [0.29, 0.717) is 5.69 Å². The summed E-state index contributed by atoms with van der Waals surface area (Å²) in [6, 6.07) is 8.56. The van der Waals surface area contributed by atoms with Gasteiger partial charge >= 0.3 is 0 Å². The van der Waals surface area contributed by atoms with Gasteiger partial charge in [-0.05, 0) is 38.1 Å². The van der Waals surface area contributed by atoms with E-state index >= 15 is 0 Å². The maximum absolute atomic E-state index is 13.1. The van der Waals surface area contributed by atoms with Crippen molar-refractivity contribution in [3.05, 3.63) is 45.9 Å². The molecule has 0 fully saturated rings. The van der Waals surface area contributed by atoms with Crippen molar-refractivity contribution in [2.45, 2.75) is 19.9 Å². The first-order valence-electron chi connectivity index (χ1n) is 5.37. The predicted molar refractivity (Wildman–Crippen MR) is 69.2 cm³/mol. The van der Waals surface area contributed by atoms with Crippen molar-refractivity contribution in [2.24, 2.45) is 0 Å². The van der Waals surface area contributed by atoms with Crippen molar-refractivity contribution < 1.29 is 9.50 Å². The Hall–Kier alpha value is -1.55. The van der Waals surface area contributed by atoms with Gasteiger partial charge < -0.3 is 10.4 Å². The van der Waals surface area contributed by atoms with E-state index in [1.807, 2.05) is 6.92 Å². The van der Waals surface area contributed by atoms with Crippen LogP contribution in [0.3, 0.4) is 0 Å². The number of anilines is 1. The quantitative estimate of drug-likeness (QED) is 0.806. The summed E-state index contributed by atoms with van der Waals surface area (Å²) in [4.78, 5) is 2.46. The summed E-state index contributed by atoms with van der Waals surface area (Å²) in [7, 11) is 0. The molecule has 0 radical (unpaired) electrons. The van der Waals surface area contributed by atoms with Crippen LogP contribution in [0.25, 0.3) is 0 Å². The largest absolute Gasteiger partial charge is 0.505 e. The van der Waals surface area contributed by atoms with E-state index in [1.165, 1.54) is 21.9 Å². The number of phenolic OH excluding ortho intramolecular Hbond substituents is 1. The summed E-state index contributed by atoms with van der Waals surface area (Å²) in [5, 5.41) is 12.3. The van der Waals surface area contributed by atoms with Gasteiger partial charge in [0.25, 0.3) is 0 Å². The van der Waals surface area contributed by atoms with Crippen LogP contribution in [0.15, 0.2) is 30.3 Å². The molecule has 0 aliphatic carbocycles. The molecule has 90 valence electrons. The highest BCUT2D eigenvalue weighted by molar-refractivity contribution is 7.12. The molecule has 0 saturated heterocycles. The van der Waals surface area contributed by atoms with Crippen molar-refractivity contribution in [3.63, 3.8) is 0 Å². The topological polar surface area (TPSA) is 32.3 Å². The average molecular weight is 251 g/mol. The van der Waals surface area contributed by atoms with Crippen molar-refractivity contribution in [3.8, 4) is 5.75 Å². The number of halogens is 1. The number of aryl methyl sites for hydroxylation is 1. The van der Waals surface area contributed by atoms with Crippen LogP contribution >= 0.6 is 11.3 Å². The molecule has 17 heavy (non-hydrogen) atoms. The van der Waals surface area contributed by atoms with E-state index < -0.39 is 5.82 Å². The standard InChI is InChI=1S/C13H14FNOS/c1-8-3-6-13(17-8)9(2)15-10-4-5-12(16)11(14)7-10/h3-7,9,15-16H,1-2H3. The minimum Gasteiger partial charge on any atom is -0.505 e. The van der Waals surface area contributed by atoms with E-state index in [9.17, 15) is 4.39 Å². The number of aromatic hydroxyl groups is 1. The van der Waals surface area contributed by atoms with Gasteiger partial charge in [0.2, 0.25) is 0 Å². The van der Waals surface area contributed by atoms with Crippen LogP contribution < -0.4 is 5.32 Å². The highest BCUT2D eigenvalue weighted by Crippen LogP contribution is 2.27. The van der Waals surface area contributed by atoms with Crippen molar-refractivity contribution >= 4 is 17.0 Å². The third kappa shape index (κ3) is 2.77. The predicted octanol–water partition coefficient (Wildman–Crippen LogP) is 4.07. The number of hydrogen-bond donors (Lipinski definition) is 2. The molecule has 0 spiro atoms. The molecule has 2 aromatic rings. The Balaban J connectivity index is 2.12. The van der Waals surface area contributed by atoms with Gasteiger partial charge in [0.15, 0.2) is 11.6 Å². The number of thiophene rings is 1. The summed E-state index contributed by atoms with van der Waals surface area (Å²) >= 11 is 1.72. The molecule has 0 aliphatic heterocycles. The summed E-state index contributed by atoms with van der Waals surface area (Å²) in [6.07, 6.45) is 0. The van der Waals surface area contributed by atoms with Crippen LogP contribution in [0.5, 0.6) is 5.75 Å². The van der Waals surface area contributed by atoms with Crippen molar-refractivity contribution in [2.75, 3.05) is 5.32 Å². The molecule has 0 saturated carbocycles.